The largest absolute Gasteiger partial charge is 0.363 e. The van der Waals surface area contributed by atoms with Gasteiger partial charge in [-0.3, -0.25) is 0 Å². The third kappa shape index (κ3) is 2.97. The van der Waals surface area contributed by atoms with Crippen molar-refractivity contribution >= 4 is 35.4 Å². The van der Waals surface area contributed by atoms with Crippen molar-refractivity contribution in [2.24, 2.45) is 0 Å². The van der Waals surface area contributed by atoms with Crippen molar-refractivity contribution in [1.29, 1.82) is 0 Å². The quantitative estimate of drug-likeness (QED) is 0.601. The SMILES string of the molecule is Cc1cc(N(C)C)nc(=O)[nH]1.[Na]. The molecule has 1 aromatic rings. The van der Waals surface area contributed by atoms with Crippen LogP contribution in [0.5, 0.6) is 0 Å². The fraction of sp³-hybridized carbons (Fsp3) is 0.429. The Balaban J connectivity index is 0.00000121. The van der Waals surface area contributed by atoms with Gasteiger partial charge in [-0.1, -0.05) is 0 Å². The molecule has 0 bridgehead atoms. The Morgan fingerprint density at radius 2 is 2.08 bits per heavy atom. The first-order valence-corrected chi connectivity index (χ1v) is 3.35. The molecule has 1 heterocycles. The predicted octanol–water partition coefficient (Wildman–Crippen LogP) is -0.236. The maximum absolute atomic E-state index is 10.8. The fourth-order valence-corrected chi connectivity index (χ4v) is 0.792. The monoisotopic (exact) mass is 176 g/mol. The molecule has 61 valence electrons. The molecule has 0 unspecified atom stereocenters. The van der Waals surface area contributed by atoms with E-state index in [0.29, 0.717) is 5.82 Å². The summed E-state index contributed by atoms with van der Waals surface area (Å²) in [6, 6.07) is 1.82. The van der Waals surface area contributed by atoms with Gasteiger partial charge in [-0.05, 0) is 13.0 Å². The second kappa shape index (κ2) is 4.64. The summed E-state index contributed by atoms with van der Waals surface area (Å²) in [7, 11) is 3.70. The maximum Gasteiger partial charge on any atom is 0.347 e. The van der Waals surface area contributed by atoms with Gasteiger partial charge in [-0.2, -0.15) is 4.98 Å². The number of anilines is 1. The summed E-state index contributed by atoms with van der Waals surface area (Å²) in [5, 5.41) is 0. The molecule has 1 N–H and O–H groups in total. The third-order valence-electron chi connectivity index (χ3n) is 1.32. The molecule has 0 aliphatic carbocycles. The number of hydrogen-bond donors (Lipinski definition) is 1. The molecule has 0 spiro atoms. The minimum Gasteiger partial charge on any atom is -0.363 e. The molecule has 0 amide bonds. The van der Waals surface area contributed by atoms with E-state index in [4.69, 9.17) is 0 Å². The standard InChI is InChI=1S/C7H11N3O.Na/c1-5-4-6(10(2)3)9-7(11)8-5;/h4H,1-3H3,(H,8,9,11);. The van der Waals surface area contributed by atoms with Crippen molar-refractivity contribution in [1.82, 2.24) is 9.97 Å². The smallest absolute Gasteiger partial charge is 0.347 e. The zero-order valence-corrected chi connectivity index (χ0v) is 9.88. The molecule has 12 heavy (non-hydrogen) atoms. The molecule has 0 aliphatic heterocycles. The van der Waals surface area contributed by atoms with Gasteiger partial charge in [0.05, 0.1) is 0 Å². The molecule has 1 radical (unpaired) electrons. The van der Waals surface area contributed by atoms with E-state index >= 15 is 0 Å². The molecular weight excluding hydrogens is 165 g/mol. The molecule has 1 rings (SSSR count). The van der Waals surface area contributed by atoms with Crippen molar-refractivity contribution in [2.45, 2.75) is 6.92 Å². The summed E-state index contributed by atoms with van der Waals surface area (Å²) in [4.78, 5) is 18.9. The normalized spacial score (nSPS) is 8.92. The van der Waals surface area contributed by atoms with Gasteiger partial charge in [0.25, 0.3) is 0 Å². The van der Waals surface area contributed by atoms with Gasteiger partial charge < -0.3 is 9.88 Å². The first-order chi connectivity index (χ1) is 5.09. The second-order valence-corrected chi connectivity index (χ2v) is 2.62. The number of rotatable bonds is 1. The van der Waals surface area contributed by atoms with Crippen LogP contribution in [0.2, 0.25) is 0 Å². The van der Waals surface area contributed by atoms with Crippen molar-refractivity contribution in [3.63, 3.8) is 0 Å². The van der Waals surface area contributed by atoms with Crippen LogP contribution in [0, 0.1) is 6.92 Å². The summed E-state index contributed by atoms with van der Waals surface area (Å²) in [6.45, 7) is 1.83. The predicted molar refractivity (Wildman–Crippen MR) is 49.7 cm³/mol. The molecule has 0 saturated carbocycles. The number of H-pyrrole nitrogens is 1. The van der Waals surface area contributed by atoms with Crippen LogP contribution in [0.3, 0.4) is 0 Å². The number of hydrogen-bond acceptors (Lipinski definition) is 3. The molecular formula is C7H11N3NaO. The van der Waals surface area contributed by atoms with Crippen molar-refractivity contribution in [3.8, 4) is 0 Å². The van der Waals surface area contributed by atoms with Gasteiger partial charge >= 0.3 is 5.69 Å². The Morgan fingerprint density at radius 3 is 2.50 bits per heavy atom. The number of aromatic nitrogens is 2. The number of aromatic amines is 1. The van der Waals surface area contributed by atoms with E-state index in [9.17, 15) is 4.79 Å². The number of nitrogens with zero attached hydrogens (tertiary/aromatic N) is 2. The van der Waals surface area contributed by atoms with Gasteiger partial charge in [-0.15, -0.1) is 0 Å². The average Bonchev–Trinajstić information content (AvgIpc) is 1.85. The van der Waals surface area contributed by atoms with Gasteiger partial charge in [0, 0.05) is 49.3 Å². The third-order valence-corrected chi connectivity index (χ3v) is 1.32. The van der Waals surface area contributed by atoms with E-state index < -0.39 is 0 Å². The zero-order valence-electron chi connectivity index (χ0n) is 7.88. The fourth-order valence-electron chi connectivity index (χ4n) is 0.792. The first kappa shape index (κ1) is 11.7. The Kier molecular flexibility index (Phi) is 4.52. The van der Waals surface area contributed by atoms with Crippen molar-refractivity contribution in [2.75, 3.05) is 19.0 Å². The molecule has 4 nitrogen and oxygen atoms in total. The van der Waals surface area contributed by atoms with Crippen LogP contribution in [-0.2, 0) is 0 Å². The Labute approximate surface area is 93.3 Å². The minimum absolute atomic E-state index is 0. The molecule has 0 fully saturated rings. The second-order valence-electron chi connectivity index (χ2n) is 2.62. The molecule has 0 atom stereocenters. The van der Waals surface area contributed by atoms with Crippen LogP contribution in [0.15, 0.2) is 10.9 Å². The topological polar surface area (TPSA) is 49.0 Å². The van der Waals surface area contributed by atoms with Crippen LogP contribution in [0.25, 0.3) is 0 Å². The summed E-state index contributed by atoms with van der Waals surface area (Å²) in [5.74, 6) is 0.686. The number of aryl methyl sites for hydroxylation is 1. The first-order valence-electron chi connectivity index (χ1n) is 3.35. The van der Waals surface area contributed by atoms with Crippen LogP contribution >= 0.6 is 0 Å². The van der Waals surface area contributed by atoms with Gasteiger partial charge in [0.2, 0.25) is 0 Å². The molecule has 1 aromatic heterocycles. The van der Waals surface area contributed by atoms with Crippen LogP contribution in [-0.4, -0.2) is 53.6 Å². The summed E-state index contributed by atoms with van der Waals surface area (Å²) >= 11 is 0. The van der Waals surface area contributed by atoms with Crippen molar-refractivity contribution < 1.29 is 0 Å². The Morgan fingerprint density at radius 1 is 1.50 bits per heavy atom. The molecule has 0 aliphatic rings. The van der Waals surface area contributed by atoms with Crippen LogP contribution < -0.4 is 10.6 Å². The summed E-state index contributed by atoms with van der Waals surface area (Å²) in [5.41, 5.74) is 0.530. The van der Waals surface area contributed by atoms with Gasteiger partial charge in [0.15, 0.2) is 0 Å². The zero-order chi connectivity index (χ0) is 8.43. The summed E-state index contributed by atoms with van der Waals surface area (Å²) < 4.78 is 0. The summed E-state index contributed by atoms with van der Waals surface area (Å²) in [6.07, 6.45) is 0. The van der Waals surface area contributed by atoms with Gasteiger partial charge in [-0.25, -0.2) is 4.79 Å². The molecule has 5 heteroatoms. The van der Waals surface area contributed by atoms with Crippen LogP contribution in [0.1, 0.15) is 5.69 Å². The molecule has 0 saturated heterocycles. The van der Waals surface area contributed by atoms with E-state index in [1.807, 2.05) is 27.1 Å². The minimum atomic E-state index is -0.297. The van der Waals surface area contributed by atoms with Crippen LogP contribution in [0.4, 0.5) is 5.82 Å². The van der Waals surface area contributed by atoms with E-state index in [1.54, 1.807) is 4.90 Å². The number of nitrogens with one attached hydrogen (secondary N) is 1. The Hall–Kier alpha value is -0.320. The van der Waals surface area contributed by atoms with E-state index in [1.165, 1.54) is 0 Å². The van der Waals surface area contributed by atoms with E-state index in [-0.39, 0.29) is 35.2 Å². The van der Waals surface area contributed by atoms with E-state index in [2.05, 4.69) is 9.97 Å². The van der Waals surface area contributed by atoms with E-state index in [0.717, 1.165) is 5.69 Å². The average molecular weight is 176 g/mol. The molecule has 0 aromatic carbocycles. The van der Waals surface area contributed by atoms with Gasteiger partial charge in [0.1, 0.15) is 5.82 Å². The van der Waals surface area contributed by atoms with Crippen molar-refractivity contribution in [3.05, 3.63) is 22.2 Å². The maximum atomic E-state index is 10.8. The Bertz CT molecular complexity index is 308.